The molecule has 0 fully saturated rings. The summed E-state index contributed by atoms with van der Waals surface area (Å²) in [5, 5.41) is 11.4. The minimum absolute atomic E-state index is 0.244. The minimum Gasteiger partial charge on any atom is -0.480 e. The van der Waals surface area contributed by atoms with Gasteiger partial charge >= 0.3 is 0 Å². The zero-order valence-corrected chi connectivity index (χ0v) is 12.6. The lowest BCUT2D eigenvalue weighted by molar-refractivity contribution is 0.390. The quantitative estimate of drug-likeness (QED) is 0.888. The van der Waals surface area contributed by atoms with Crippen LogP contribution >= 0.6 is 0 Å². The Labute approximate surface area is 124 Å². The standard InChI is InChI=1S/C16H20FN3O/c1-4-9-18-16(12-10-11(2)5-6-13(12)17)14-7-8-15(21-3)20-19-14/h5-8,10,16,18H,4,9H2,1-3H3. The Morgan fingerprint density at radius 2 is 2.05 bits per heavy atom. The molecule has 0 saturated carbocycles. The van der Waals surface area contributed by atoms with Crippen molar-refractivity contribution in [3.8, 4) is 5.88 Å². The number of hydrogen-bond acceptors (Lipinski definition) is 4. The second-order valence-corrected chi connectivity index (χ2v) is 4.91. The molecule has 0 aliphatic heterocycles. The first-order valence-electron chi connectivity index (χ1n) is 7.02. The van der Waals surface area contributed by atoms with Crippen LogP contribution in [0.15, 0.2) is 30.3 Å². The van der Waals surface area contributed by atoms with Crippen LogP contribution in [0.2, 0.25) is 0 Å². The number of benzene rings is 1. The fraction of sp³-hybridized carbons (Fsp3) is 0.375. The smallest absolute Gasteiger partial charge is 0.233 e. The van der Waals surface area contributed by atoms with Gasteiger partial charge < -0.3 is 10.1 Å². The third-order valence-electron chi connectivity index (χ3n) is 3.23. The van der Waals surface area contributed by atoms with Crippen molar-refractivity contribution in [1.82, 2.24) is 15.5 Å². The van der Waals surface area contributed by atoms with Crippen LogP contribution in [0, 0.1) is 12.7 Å². The highest BCUT2D eigenvalue weighted by molar-refractivity contribution is 5.32. The Hall–Kier alpha value is -2.01. The summed E-state index contributed by atoms with van der Waals surface area (Å²) in [4.78, 5) is 0. The van der Waals surface area contributed by atoms with E-state index in [-0.39, 0.29) is 11.9 Å². The number of ether oxygens (including phenoxy) is 1. The molecule has 0 aliphatic carbocycles. The van der Waals surface area contributed by atoms with E-state index in [1.165, 1.54) is 13.2 Å². The molecule has 1 aromatic carbocycles. The molecular formula is C16H20FN3O. The average molecular weight is 289 g/mol. The van der Waals surface area contributed by atoms with Crippen LogP contribution in [0.1, 0.15) is 36.2 Å². The van der Waals surface area contributed by atoms with Gasteiger partial charge in [-0.15, -0.1) is 10.2 Å². The zero-order chi connectivity index (χ0) is 15.2. The van der Waals surface area contributed by atoms with Crippen molar-refractivity contribution < 1.29 is 9.13 Å². The average Bonchev–Trinajstić information content (AvgIpc) is 2.51. The molecule has 1 unspecified atom stereocenters. The Morgan fingerprint density at radius 3 is 2.67 bits per heavy atom. The summed E-state index contributed by atoms with van der Waals surface area (Å²) in [5.74, 6) is 0.199. The van der Waals surface area contributed by atoms with Gasteiger partial charge in [-0.1, -0.05) is 24.6 Å². The zero-order valence-electron chi connectivity index (χ0n) is 12.6. The molecule has 4 nitrogen and oxygen atoms in total. The van der Waals surface area contributed by atoms with E-state index < -0.39 is 0 Å². The van der Waals surface area contributed by atoms with Gasteiger partial charge in [0.05, 0.1) is 18.8 Å². The summed E-state index contributed by atoms with van der Waals surface area (Å²) >= 11 is 0. The van der Waals surface area contributed by atoms with E-state index >= 15 is 0 Å². The third-order valence-corrected chi connectivity index (χ3v) is 3.23. The fourth-order valence-electron chi connectivity index (χ4n) is 2.14. The monoisotopic (exact) mass is 289 g/mol. The number of methoxy groups -OCH3 is 1. The Bertz CT molecular complexity index is 587. The highest BCUT2D eigenvalue weighted by Gasteiger charge is 2.19. The molecular weight excluding hydrogens is 269 g/mol. The summed E-state index contributed by atoms with van der Waals surface area (Å²) < 4.78 is 19.2. The summed E-state index contributed by atoms with van der Waals surface area (Å²) in [5.41, 5.74) is 2.27. The van der Waals surface area contributed by atoms with Crippen molar-refractivity contribution in [3.05, 3.63) is 53.0 Å². The van der Waals surface area contributed by atoms with Crippen LogP contribution in [-0.4, -0.2) is 23.9 Å². The van der Waals surface area contributed by atoms with Crippen LogP contribution in [-0.2, 0) is 0 Å². The molecule has 0 amide bonds. The molecule has 1 heterocycles. The lowest BCUT2D eigenvalue weighted by Crippen LogP contribution is -2.25. The molecule has 1 atom stereocenters. The van der Waals surface area contributed by atoms with Crippen molar-refractivity contribution in [1.29, 1.82) is 0 Å². The first kappa shape index (κ1) is 15.4. The molecule has 0 bridgehead atoms. The maximum absolute atomic E-state index is 14.2. The van der Waals surface area contributed by atoms with Gasteiger partial charge in [-0.25, -0.2) is 4.39 Å². The van der Waals surface area contributed by atoms with E-state index in [1.807, 2.05) is 13.0 Å². The van der Waals surface area contributed by atoms with Gasteiger partial charge in [0.1, 0.15) is 5.82 Å². The van der Waals surface area contributed by atoms with Crippen LogP contribution in [0.3, 0.4) is 0 Å². The molecule has 112 valence electrons. The van der Waals surface area contributed by atoms with Gasteiger partial charge in [-0.2, -0.15) is 0 Å². The predicted octanol–water partition coefficient (Wildman–Crippen LogP) is 3.02. The lowest BCUT2D eigenvalue weighted by atomic mass is 10.0. The Kier molecular flexibility index (Phi) is 5.22. The molecule has 1 N–H and O–H groups in total. The van der Waals surface area contributed by atoms with Crippen molar-refractivity contribution in [2.45, 2.75) is 26.3 Å². The van der Waals surface area contributed by atoms with E-state index in [0.29, 0.717) is 17.1 Å². The SMILES string of the molecule is CCCNC(c1ccc(OC)nn1)c1cc(C)ccc1F. The maximum Gasteiger partial charge on any atom is 0.233 e. The number of aryl methyl sites for hydroxylation is 1. The number of hydrogen-bond donors (Lipinski definition) is 1. The molecule has 0 spiro atoms. The van der Waals surface area contributed by atoms with Gasteiger partial charge in [-0.3, -0.25) is 0 Å². The largest absolute Gasteiger partial charge is 0.480 e. The van der Waals surface area contributed by atoms with Crippen molar-refractivity contribution in [3.63, 3.8) is 0 Å². The normalized spacial score (nSPS) is 12.2. The first-order chi connectivity index (χ1) is 10.2. The van der Waals surface area contributed by atoms with E-state index in [2.05, 4.69) is 22.4 Å². The topological polar surface area (TPSA) is 47.0 Å². The minimum atomic E-state index is -0.316. The molecule has 1 aromatic heterocycles. The highest BCUT2D eigenvalue weighted by atomic mass is 19.1. The van der Waals surface area contributed by atoms with E-state index in [4.69, 9.17) is 4.74 Å². The number of nitrogens with zero attached hydrogens (tertiary/aromatic N) is 2. The summed E-state index contributed by atoms with van der Waals surface area (Å²) in [6.07, 6.45) is 0.952. The second-order valence-electron chi connectivity index (χ2n) is 4.91. The van der Waals surface area contributed by atoms with Gasteiger partial charge in [0, 0.05) is 11.6 Å². The molecule has 0 saturated heterocycles. The van der Waals surface area contributed by atoms with Crippen LogP contribution < -0.4 is 10.1 Å². The Balaban J connectivity index is 2.38. The third kappa shape index (κ3) is 3.76. The van der Waals surface area contributed by atoms with Gasteiger partial charge in [-0.05, 0) is 32.0 Å². The molecule has 2 rings (SSSR count). The number of halogens is 1. The second kappa shape index (κ2) is 7.13. The van der Waals surface area contributed by atoms with Crippen LogP contribution in [0.25, 0.3) is 0 Å². The molecule has 2 aromatic rings. The van der Waals surface area contributed by atoms with E-state index in [1.54, 1.807) is 18.2 Å². The summed E-state index contributed by atoms with van der Waals surface area (Å²) in [6.45, 7) is 4.78. The predicted molar refractivity (Wildman–Crippen MR) is 79.9 cm³/mol. The van der Waals surface area contributed by atoms with E-state index in [0.717, 1.165) is 18.5 Å². The lowest BCUT2D eigenvalue weighted by Gasteiger charge is -2.19. The first-order valence-corrected chi connectivity index (χ1v) is 7.02. The number of aromatic nitrogens is 2. The van der Waals surface area contributed by atoms with Crippen LogP contribution in [0.4, 0.5) is 4.39 Å². The van der Waals surface area contributed by atoms with E-state index in [9.17, 15) is 4.39 Å². The maximum atomic E-state index is 14.2. The fourth-order valence-corrected chi connectivity index (χ4v) is 2.14. The van der Waals surface area contributed by atoms with Crippen LogP contribution in [0.5, 0.6) is 5.88 Å². The Morgan fingerprint density at radius 1 is 1.24 bits per heavy atom. The molecule has 0 radical (unpaired) electrons. The molecule has 5 heteroatoms. The summed E-state index contributed by atoms with van der Waals surface area (Å²) in [7, 11) is 1.54. The highest BCUT2D eigenvalue weighted by Crippen LogP contribution is 2.24. The molecule has 21 heavy (non-hydrogen) atoms. The van der Waals surface area contributed by atoms with Crippen molar-refractivity contribution >= 4 is 0 Å². The van der Waals surface area contributed by atoms with Gasteiger partial charge in [0.2, 0.25) is 5.88 Å². The van der Waals surface area contributed by atoms with Gasteiger partial charge in [0.25, 0.3) is 0 Å². The summed E-state index contributed by atoms with van der Waals surface area (Å²) in [6, 6.07) is 8.31. The number of rotatable bonds is 6. The molecule has 0 aliphatic rings. The van der Waals surface area contributed by atoms with Gasteiger partial charge in [0.15, 0.2) is 0 Å². The number of nitrogens with one attached hydrogen (secondary N) is 1. The van der Waals surface area contributed by atoms with Crippen molar-refractivity contribution in [2.75, 3.05) is 13.7 Å². The van der Waals surface area contributed by atoms with Crippen molar-refractivity contribution in [2.24, 2.45) is 0 Å².